The molecule has 3 N–H and O–H groups in total. The number of pyridine rings is 1. The number of hydrogen-bond acceptors (Lipinski definition) is 6. The Bertz CT molecular complexity index is 970. The number of carbonyl (C=O) groups is 2. The number of nitrogens with one attached hydrogen (secondary N) is 1. The van der Waals surface area contributed by atoms with E-state index < -0.39 is 11.6 Å². The van der Waals surface area contributed by atoms with Crippen LogP contribution in [-0.2, 0) is 4.79 Å². The van der Waals surface area contributed by atoms with Gasteiger partial charge in [-0.15, -0.1) is 11.8 Å². The topological polar surface area (TPSA) is 103 Å². The lowest BCUT2D eigenvalue weighted by atomic mass is 9.52. The van der Waals surface area contributed by atoms with Crippen LogP contribution in [0.25, 0.3) is 0 Å². The Balaban J connectivity index is 1.32. The zero-order chi connectivity index (χ0) is 25.4. The number of amides is 1. The molecule has 1 aromatic rings. The number of aliphatic hydroxyl groups is 1. The van der Waals surface area contributed by atoms with Crippen molar-refractivity contribution in [3.05, 3.63) is 17.7 Å². The summed E-state index contributed by atoms with van der Waals surface area (Å²) in [5.74, 6) is 3.00. The number of anilines is 1. The van der Waals surface area contributed by atoms with Gasteiger partial charge in [0, 0.05) is 25.6 Å². The molecular weight excluding hydrogens is 474 g/mol. The first kappa shape index (κ1) is 25.8. The Hall–Kier alpha value is -1.80. The van der Waals surface area contributed by atoms with Gasteiger partial charge in [-0.2, -0.15) is 0 Å². The van der Waals surface area contributed by atoms with E-state index in [1.165, 1.54) is 0 Å². The van der Waals surface area contributed by atoms with Crippen LogP contribution in [0.5, 0.6) is 0 Å². The number of rotatable bonds is 9. The second-order valence-electron chi connectivity index (χ2n) is 12.3. The highest BCUT2D eigenvalue weighted by molar-refractivity contribution is 7.99. The van der Waals surface area contributed by atoms with Crippen molar-refractivity contribution in [1.29, 1.82) is 0 Å². The number of piperidine rings is 1. The summed E-state index contributed by atoms with van der Waals surface area (Å²) in [6, 6.07) is 3.99. The van der Waals surface area contributed by atoms with Crippen LogP contribution in [-0.4, -0.2) is 57.6 Å². The molecule has 4 bridgehead atoms. The molecule has 198 valence electrons. The Kier molecular flexibility index (Phi) is 7.55. The summed E-state index contributed by atoms with van der Waals surface area (Å²) in [4.78, 5) is 32.0. The van der Waals surface area contributed by atoms with Crippen LogP contribution in [0.4, 0.5) is 5.82 Å². The highest BCUT2D eigenvalue weighted by atomic mass is 32.2. The van der Waals surface area contributed by atoms with Gasteiger partial charge in [0.25, 0.3) is 5.91 Å². The quantitative estimate of drug-likeness (QED) is 0.414. The zero-order valence-electron chi connectivity index (χ0n) is 21.6. The number of nitrogens with zero attached hydrogens (tertiary/aromatic N) is 2. The van der Waals surface area contributed by atoms with Gasteiger partial charge < -0.3 is 20.4 Å². The lowest BCUT2D eigenvalue weighted by molar-refractivity contribution is -0.138. The first-order valence-corrected chi connectivity index (χ1v) is 14.8. The summed E-state index contributed by atoms with van der Waals surface area (Å²) in [7, 11) is 0. The summed E-state index contributed by atoms with van der Waals surface area (Å²) in [5.41, 5.74) is 0.130. The molecule has 8 heteroatoms. The van der Waals surface area contributed by atoms with Crippen LogP contribution in [0.2, 0.25) is 0 Å². The summed E-state index contributed by atoms with van der Waals surface area (Å²) < 4.78 is 0. The number of thioether (sulfide) groups is 1. The molecule has 3 atom stereocenters. The molecule has 6 rings (SSSR count). The maximum Gasteiger partial charge on any atom is 0.303 e. The largest absolute Gasteiger partial charge is 0.481 e. The first-order valence-electron chi connectivity index (χ1n) is 13.8. The van der Waals surface area contributed by atoms with E-state index >= 15 is 0 Å². The van der Waals surface area contributed by atoms with E-state index in [0.717, 1.165) is 74.5 Å². The van der Waals surface area contributed by atoms with Gasteiger partial charge >= 0.3 is 5.97 Å². The standard InChI is InChI=1S/C28H41N3O4S/c1-17(2)7-9-36-27-22(5-6-23(29-27)31-8-3-4-18(16-31)12-24(32)33)26(34)30-25-20-10-19-11-21(25)15-28(35,13-19)14-20/h5-6,17-21,25,35H,3-4,7-16H2,1-2H3,(H,30,34)(H,32,33). The van der Waals surface area contributed by atoms with Crippen LogP contribution in [0.3, 0.4) is 0 Å². The van der Waals surface area contributed by atoms with Crippen molar-refractivity contribution in [3.63, 3.8) is 0 Å². The number of aliphatic carboxylic acids is 1. The maximum absolute atomic E-state index is 13.6. The van der Waals surface area contributed by atoms with Crippen LogP contribution >= 0.6 is 11.8 Å². The van der Waals surface area contributed by atoms with Crippen molar-refractivity contribution in [1.82, 2.24) is 10.3 Å². The molecule has 2 heterocycles. The minimum absolute atomic E-state index is 0.0482. The molecular formula is C28H41N3O4S. The number of carbonyl (C=O) groups excluding carboxylic acids is 1. The Labute approximate surface area is 218 Å². The van der Waals surface area contributed by atoms with Crippen LogP contribution in [0.1, 0.15) is 82.0 Å². The number of aromatic nitrogens is 1. The molecule has 7 nitrogen and oxygen atoms in total. The smallest absolute Gasteiger partial charge is 0.303 e. The highest BCUT2D eigenvalue weighted by Crippen LogP contribution is 2.55. The molecule has 36 heavy (non-hydrogen) atoms. The molecule has 5 fully saturated rings. The molecule has 1 amide bonds. The van der Waals surface area contributed by atoms with E-state index in [-0.39, 0.29) is 24.3 Å². The van der Waals surface area contributed by atoms with Crippen molar-refractivity contribution in [3.8, 4) is 0 Å². The monoisotopic (exact) mass is 515 g/mol. The van der Waals surface area contributed by atoms with Crippen molar-refractivity contribution in [2.75, 3.05) is 23.7 Å². The molecule has 1 saturated heterocycles. The molecule has 0 radical (unpaired) electrons. The fraction of sp³-hybridized carbons (Fsp3) is 0.750. The molecule has 3 unspecified atom stereocenters. The Morgan fingerprint density at radius 2 is 1.97 bits per heavy atom. The second-order valence-corrected chi connectivity index (χ2v) is 13.4. The summed E-state index contributed by atoms with van der Waals surface area (Å²) in [6.07, 6.45) is 7.91. The predicted molar refractivity (Wildman–Crippen MR) is 141 cm³/mol. The van der Waals surface area contributed by atoms with Crippen LogP contribution < -0.4 is 10.2 Å². The number of carboxylic acids is 1. The van der Waals surface area contributed by atoms with E-state index in [1.807, 2.05) is 12.1 Å². The SMILES string of the molecule is CC(C)CCSc1nc(N2CCCC(CC(=O)O)C2)ccc1C(=O)NC1C2CC3CC1CC(O)(C3)C2. The summed E-state index contributed by atoms with van der Waals surface area (Å²) in [6.45, 7) is 5.96. The van der Waals surface area contributed by atoms with Gasteiger partial charge in [-0.1, -0.05) is 13.8 Å². The van der Waals surface area contributed by atoms with Gasteiger partial charge in [-0.3, -0.25) is 9.59 Å². The third kappa shape index (κ3) is 5.69. The van der Waals surface area contributed by atoms with Crippen LogP contribution in [0.15, 0.2) is 17.2 Å². The normalized spacial score (nSPS) is 33.2. The van der Waals surface area contributed by atoms with Gasteiger partial charge in [-0.25, -0.2) is 4.98 Å². The molecule has 1 aliphatic heterocycles. The zero-order valence-corrected chi connectivity index (χ0v) is 22.4. The second kappa shape index (κ2) is 10.5. The molecule has 5 aliphatic rings. The third-order valence-corrected chi connectivity index (χ3v) is 9.89. The fourth-order valence-electron chi connectivity index (χ4n) is 7.41. The molecule has 1 aromatic heterocycles. The van der Waals surface area contributed by atoms with E-state index in [2.05, 4.69) is 24.1 Å². The van der Waals surface area contributed by atoms with E-state index in [1.54, 1.807) is 11.8 Å². The maximum atomic E-state index is 13.6. The average molecular weight is 516 g/mol. The van der Waals surface area contributed by atoms with Crippen molar-refractivity contribution in [2.24, 2.45) is 29.6 Å². The van der Waals surface area contributed by atoms with Gasteiger partial charge in [-0.05, 0) is 98.8 Å². The van der Waals surface area contributed by atoms with Crippen LogP contribution in [0, 0.1) is 29.6 Å². The third-order valence-electron chi connectivity index (χ3n) is 8.87. The van der Waals surface area contributed by atoms with Gasteiger partial charge in [0.1, 0.15) is 10.8 Å². The Morgan fingerprint density at radius 3 is 2.64 bits per heavy atom. The average Bonchev–Trinajstić information content (AvgIpc) is 2.79. The minimum atomic E-state index is -0.747. The van der Waals surface area contributed by atoms with E-state index in [0.29, 0.717) is 35.8 Å². The molecule has 4 saturated carbocycles. The van der Waals surface area contributed by atoms with Gasteiger partial charge in [0.15, 0.2) is 0 Å². The lowest BCUT2D eigenvalue weighted by Crippen LogP contribution is -2.61. The van der Waals surface area contributed by atoms with Crippen molar-refractivity contribution in [2.45, 2.75) is 88.3 Å². The molecule has 0 spiro atoms. The lowest BCUT2D eigenvalue weighted by Gasteiger charge is -2.58. The highest BCUT2D eigenvalue weighted by Gasteiger charge is 2.55. The molecule has 4 aliphatic carbocycles. The Morgan fingerprint density at radius 1 is 1.22 bits per heavy atom. The summed E-state index contributed by atoms with van der Waals surface area (Å²) in [5, 5.41) is 24.3. The van der Waals surface area contributed by atoms with Crippen molar-refractivity contribution >= 4 is 29.5 Å². The predicted octanol–water partition coefficient (Wildman–Crippen LogP) is 4.58. The van der Waals surface area contributed by atoms with Crippen molar-refractivity contribution < 1.29 is 19.8 Å². The van der Waals surface area contributed by atoms with Gasteiger partial charge in [0.2, 0.25) is 0 Å². The minimum Gasteiger partial charge on any atom is -0.481 e. The summed E-state index contributed by atoms with van der Waals surface area (Å²) >= 11 is 1.65. The number of hydrogen-bond donors (Lipinski definition) is 3. The first-order chi connectivity index (χ1) is 17.2. The van der Waals surface area contributed by atoms with Gasteiger partial charge in [0.05, 0.1) is 11.2 Å². The fourth-order valence-corrected chi connectivity index (χ4v) is 8.67. The van der Waals surface area contributed by atoms with E-state index in [9.17, 15) is 19.8 Å². The van der Waals surface area contributed by atoms with E-state index in [4.69, 9.17) is 4.98 Å². The number of carboxylic acid groups (broad SMARTS) is 1. The molecule has 0 aromatic carbocycles.